The second-order valence-electron chi connectivity index (χ2n) is 31.1. The largest absolute Gasteiger partial charge is 0.310 e. The molecule has 0 bridgehead atoms. The quantitative estimate of drug-likeness (QED) is 0.0961. The Morgan fingerprint density at radius 1 is 0.158 bits per heavy atom. The Hall–Kier alpha value is -16.0. The summed E-state index contributed by atoms with van der Waals surface area (Å²) < 4.78 is 0. The molecule has 558 valence electrons. The van der Waals surface area contributed by atoms with Crippen LogP contribution in [0.3, 0.4) is 0 Å². The fourth-order valence-electron chi connectivity index (χ4n) is 19.2. The molecule has 23 rings (SSSR count). The molecular weight excluding hydrogens is 1450 g/mol. The SMILES string of the molecule is c1ccc(-c2c3c(c(-c4ccc(-c5ccc(-c6c7c(c(-c8ccccc8)c8ccccc68)-c6ccc(-c8cccc(N(c9ccccc9)c9cc(-c%10cccnc%10)cc(-c%10cccnc%10)c9)c8)c8cccc-7c68)cc5)cc4)c4ccccc24)-c2ccc(-c4cccc(N(c5ccccc5)c5ccc(-c6ccncc6)nc5)c4)c4cccc-3c24)cc1. The minimum atomic E-state index is 0.896. The number of rotatable bonds is 16. The number of aromatic nitrogens is 4. The van der Waals surface area contributed by atoms with Crippen molar-refractivity contribution in [1.82, 2.24) is 19.9 Å². The molecule has 120 heavy (non-hydrogen) atoms. The monoisotopic (exact) mass is 1520 g/mol. The van der Waals surface area contributed by atoms with Gasteiger partial charge in [0.1, 0.15) is 0 Å². The van der Waals surface area contributed by atoms with Crippen molar-refractivity contribution in [2.45, 2.75) is 0 Å². The van der Waals surface area contributed by atoms with Crippen LogP contribution in [0.4, 0.5) is 34.1 Å². The van der Waals surface area contributed by atoms with Gasteiger partial charge in [-0.15, -0.1) is 0 Å². The summed E-state index contributed by atoms with van der Waals surface area (Å²) in [7, 11) is 0. The molecule has 4 heterocycles. The molecule has 2 aliphatic rings. The first kappa shape index (κ1) is 69.5. The van der Waals surface area contributed by atoms with E-state index >= 15 is 0 Å². The van der Waals surface area contributed by atoms with Crippen LogP contribution >= 0.6 is 0 Å². The molecule has 0 spiro atoms. The van der Waals surface area contributed by atoms with E-state index < -0.39 is 0 Å². The predicted molar refractivity (Wildman–Crippen MR) is 500 cm³/mol. The molecule has 0 radical (unpaired) electrons. The maximum Gasteiger partial charge on any atom is 0.0704 e. The van der Waals surface area contributed by atoms with Crippen molar-refractivity contribution < 1.29 is 0 Å². The van der Waals surface area contributed by atoms with E-state index in [1.807, 2.05) is 67.6 Å². The molecule has 6 heteroatoms. The second-order valence-corrected chi connectivity index (χ2v) is 31.1. The Labute approximate surface area is 695 Å². The average molecular weight is 1530 g/mol. The lowest BCUT2D eigenvalue weighted by molar-refractivity contribution is 1.23. The highest BCUT2D eigenvalue weighted by atomic mass is 15.2. The fourth-order valence-corrected chi connectivity index (χ4v) is 19.2. The van der Waals surface area contributed by atoms with Gasteiger partial charge in [0.25, 0.3) is 0 Å². The van der Waals surface area contributed by atoms with E-state index in [0.29, 0.717) is 0 Å². The number of fused-ring (bicyclic) bond motifs is 8. The van der Waals surface area contributed by atoms with Gasteiger partial charge < -0.3 is 9.80 Å². The van der Waals surface area contributed by atoms with Crippen LogP contribution in [-0.4, -0.2) is 19.9 Å². The van der Waals surface area contributed by atoms with Crippen LogP contribution in [0.15, 0.2) is 438 Å². The number of benzene rings is 17. The Kier molecular flexibility index (Phi) is 16.8. The molecule has 0 unspecified atom stereocenters. The van der Waals surface area contributed by atoms with Crippen LogP contribution in [0.5, 0.6) is 0 Å². The first-order valence-corrected chi connectivity index (χ1v) is 40.9. The van der Waals surface area contributed by atoms with Gasteiger partial charge in [0.15, 0.2) is 0 Å². The van der Waals surface area contributed by atoms with Crippen LogP contribution in [0.2, 0.25) is 0 Å². The van der Waals surface area contributed by atoms with Gasteiger partial charge in [0.2, 0.25) is 0 Å². The molecule has 0 aliphatic heterocycles. The third kappa shape index (κ3) is 11.7. The van der Waals surface area contributed by atoms with E-state index in [9.17, 15) is 0 Å². The lowest BCUT2D eigenvalue weighted by Crippen LogP contribution is -2.10. The smallest absolute Gasteiger partial charge is 0.0704 e. The Balaban J connectivity index is 0.625. The van der Waals surface area contributed by atoms with Crippen LogP contribution in [0, 0.1) is 0 Å². The summed E-state index contributed by atoms with van der Waals surface area (Å²) in [5.41, 5.74) is 38.9. The first-order chi connectivity index (χ1) is 59.6. The van der Waals surface area contributed by atoms with Gasteiger partial charge in [-0.1, -0.05) is 291 Å². The third-order valence-electron chi connectivity index (χ3n) is 24.4. The zero-order valence-electron chi connectivity index (χ0n) is 65.3. The van der Waals surface area contributed by atoms with Crippen molar-refractivity contribution in [3.8, 4) is 156 Å². The van der Waals surface area contributed by atoms with Crippen molar-refractivity contribution in [3.63, 3.8) is 0 Å². The van der Waals surface area contributed by atoms with Gasteiger partial charge in [-0.3, -0.25) is 19.9 Å². The number of anilines is 6. The van der Waals surface area contributed by atoms with E-state index in [4.69, 9.17) is 4.98 Å². The number of nitrogens with zero attached hydrogens (tertiary/aromatic N) is 6. The van der Waals surface area contributed by atoms with Gasteiger partial charge in [0, 0.05) is 82.3 Å². The first-order valence-electron chi connectivity index (χ1n) is 40.9. The van der Waals surface area contributed by atoms with Gasteiger partial charge in [-0.2, -0.15) is 0 Å². The van der Waals surface area contributed by atoms with Gasteiger partial charge in [-0.05, 0) is 280 Å². The molecule has 0 fully saturated rings. The van der Waals surface area contributed by atoms with Crippen LogP contribution in [-0.2, 0) is 0 Å². The normalized spacial score (nSPS) is 11.7. The van der Waals surface area contributed by atoms with E-state index in [-0.39, 0.29) is 0 Å². The summed E-state index contributed by atoms with van der Waals surface area (Å²) in [5, 5.41) is 9.83. The zero-order valence-corrected chi connectivity index (χ0v) is 65.3. The van der Waals surface area contributed by atoms with Crippen molar-refractivity contribution in [2.24, 2.45) is 0 Å². The molecule has 17 aromatic carbocycles. The fraction of sp³-hybridized carbons (Fsp3) is 0. The summed E-state index contributed by atoms with van der Waals surface area (Å²) in [4.78, 5) is 23.0. The summed E-state index contributed by atoms with van der Waals surface area (Å²) in [5.74, 6) is 0. The number of hydrogen-bond donors (Lipinski definition) is 0. The Morgan fingerprint density at radius 3 is 0.917 bits per heavy atom. The maximum absolute atomic E-state index is 4.99. The topological polar surface area (TPSA) is 58.0 Å². The van der Waals surface area contributed by atoms with Gasteiger partial charge in [0.05, 0.1) is 17.6 Å². The van der Waals surface area contributed by atoms with E-state index in [1.54, 1.807) is 0 Å². The van der Waals surface area contributed by atoms with Crippen LogP contribution in [0.1, 0.15) is 0 Å². The standard InChI is InChI=1S/C114H72N6/c1-5-23-76(24-6-1)105-96-37-13-16-40-99(96)108(114-103-57-55-92(94-41-19-43-100(109(94)103)111(105)114)80-27-17-35-88(66-80)119(86-31-9-3-10-32-86)90-53-58-104(118-72-90)75-59-63-115-64-60-75)79-51-47-74(48-52-79)73-45-49-78(50-46-73)107-98-39-15-14-38-97(98)106(77-25-7-2-8-26-77)113-102-56-54-93(95-42-20-44-101(110(95)102)112(107)113)81-28-18-36-89(67-81)120(87-33-11-4-12-34-87)91-68-84(82-29-21-61-116-70-82)65-85(69-91)83-30-22-62-117-71-83/h1-72H. The molecule has 0 atom stereocenters. The Morgan fingerprint density at radius 2 is 0.500 bits per heavy atom. The number of para-hydroxylation sites is 2. The van der Waals surface area contributed by atoms with Gasteiger partial charge in [-0.25, -0.2) is 0 Å². The highest BCUT2D eigenvalue weighted by Gasteiger charge is 2.34. The number of hydrogen-bond acceptors (Lipinski definition) is 6. The number of pyridine rings is 4. The lowest BCUT2D eigenvalue weighted by atomic mass is 9.82. The van der Waals surface area contributed by atoms with Crippen LogP contribution < -0.4 is 9.80 Å². The molecular formula is C114H72N6. The van der Waals surface area contributed by atoms with Gasteiger partial charge >= 0.3 is 0 Å². The van der Waals surface area contributed by atoms with Crippen LogP contribution in [0.25, 0.3) is 199 Å². The summed E-state index contributed by atoms with van der Waals surface area (Å²) in [6.45, 7) is 0. The summed E-state index contributed by atoms with van der Waals surface area (Å²) in [6, 6.07) is 145. The summed E-state index contributed by atoms with van der Waals surface area (Å²) in [6.07, 6.45) is 13.1. The molecule has 21 aromatic rings. The average Bonchev–Trinajstić information content (AvgIpc) is 1.54. The summed E-state index contributed by atoms with van der Waals surface area (Å²) >= 11 is 0. The van der Waals surface area contributed by atoms with Crippen molar-refractivity contribution in [2.75, 3.05) is 9.80 Å². The van der Waals surface area contributed by atoms with Crippen molar-refractivity contribution >= 4 is 77.2 Å². The zero-order chi connectivity index (χ0) is 79.1. The highest BCUT2D eigenvalue weighted by Crippen LogP contribution is 2.62. The highest BCUT2D eigenvalue weighted by molar-refractivity contribution is 6.31. The molecule has 0 saturated heterocycles. The molecule has 0 N–H and O–H groups in total. The third-order valence-corrected chi connectivity index (χ3v) is 24.4. The van der Waals surface area contributed by atoms with E-state index in [2.05, 4.69) is 395 Å². The molecule has 2 aliphatic carbocycles. The van der Waals surface area contributed by atoms with E-state index in [0.717, 1.165) is 89.9 Å². The Bertz CT molecular complexity index is 7520. The minimum absolute atomic E-state index is 0.896. The van der Waals surface area contributed by atoms with Crippen molar-refractivity contribution in [1.29, 1.82) is 0 Å². The second kappa shape index (κ2) is 29.1. The predicted octanol–water partition coefficient (Wildman–Crippen LogP) is 30.8. The molecule has 4 aromatic heterocycles. The molecule has 6 nitrogen and oxygen atoms in total. The van der Waals surface area contributed by atoms with E-state index in [1.165, 1.54) is 143 Å². The minimum Gasteiger partial charge on any atom is -0.310 e. The van der Waals surface area contributed by atoms with Crippen molar-refractivity contribution in [3.05, 3.63) is 438 Å². The maximum atomic E-state index is 4.99. The molecule has 0 saturated carbocycles. The lowest BCUT2D eigenvalue weighted by Gasteiger charge is -2.27. The molecule has 0 amide bonds.